The number of nitrogens with zero attached hydrogens (tertiary/aromatic N) is 1. The first-order chi connectivity index (χ1) is 12.1. The fourth-order valence-electron chi connectivity index (χ4n) is 5.36. The van der Waals surface area contributed by atoms with Crippen LogP contribution in [0.15, 0.2) is 36.7 Å². The molecule has 2 aliphatic carbocycles. The summed E-state index contributed by atoms with van der Waals surface area (Å²) in [7, 11) is 0. The predicted molar refractivity (Wildman–Crippen MR) is 96.6 cm³/mol. The van der Waals surface area contributed by atoms with Crippen molar-refractivity contribution in [2.24, 2.45) is 23.2 Å². The predicted octanol–water partition coefficient (Wildman–Crippen LogP) is 3.49. The molecule has 3 fully saturated rings. The average molecular weight is 340 g/mol. The van der Waals surface area contributed by atoms with Crippen LogP contribution >= 0.6 is 0 Å². The molecule has 1 aromatic rings. The van der Waals surface area contributed by atoms with Crippen molar-refractivity contribution in [2.75, 3.05) is 6.54 Å². The SMILES string of the molecule is C=C1CCC[C@]2(C)C[C@H]3OC(=O)[C@H](CNCc4cccnc4)[C@H]3C[C@H]12. The van der Waals surface area contributed by atoms with E-state index >= 15 is 0 Å². The van der Waals surface area contributed by atoms with Gasteiger partial charge in [-0.2, -0.15) is 0 Å². The third-order valence-corrected chi connectivity index (χ3v) is 6.74. The van der Waals surface area contributed by atoms with Gasteiger partial charge in [0.1, 0.15) is 6.10 Å². The number of rotatable bonds is 4. The first-order valence-electron chi connectivity index (χ1n) is 9.54. The molecule has 3 aliphatic rings. The molecule has 1 saturated heterocycles. The van der Waals surface area contributed by atoms with Crippen molar-refractivity contribution in [2.45, 2.75) is 51.7 Å². The minimum absolute atomic E-state index is 0.0125. The average Bonchev–Trinajstić information content (AvgIpc) is 2.88. The Hall–Kier alpha value is -1.68. The zero-order valence-electron chi connectivity index (χ0n) is 15.0. The maximum Gasteiger partial charge on any atom is 0.310 e. The van der Waals surface area contributed by atoms with E-state index in [9.17, 15) is 4.79 Å². The summed E-state index contributed by atoms with van der Waals surface area (Å²) in [6, 6.07) is 3.99. The van der Waals surface area contributed by atoms with E-state index < -0.39 is 0 Å². The van der Waals surface area contributed by atoms with Crippen LogP contribution in [0.3, 0.4) is 0 Å². The van der Waals surface area contributed by atoms with Gasteiger partial charge in [0.05, 0.1) is 5.92 Å². The summed E-state index contributed by atoms with van der Waals surface area (Å²) in [6.45, 7) is 8.15. The zero-order valence-corrected chi connectivity index (χ0v) is 15.0. The molecule has 4 nitrogen and oxygen atoms in total. The Labute approximate surface area is 150 Å². The molecule has 5 atom stereocenters. The van der Waals surface area contributed by atoms with Gasteiger partial charge in [-0.05, 0) is 55.1 Å². The van der Waals surface area contributed by atoms with Crippen LogP contribution in [0.2, 0.25) is 0 Å². The molecule has 134 valence electrons. The van der Waals surface area contributed by atoms with Crippen LogP contribution in [0.1, 0.15) is 44.6 Å². The summed E-state index contributed by atoms with van der Waals surface area (Å²) in [6.07, 6.45) is 9.42. The lowest BCUT2D eigenvalue weighted by atomic mass is 9.55. The minimum Gasteiger partial charge on any atom is -0.462 e. The molecule has 1 aromatic heterocycles. The van der Waals surface area contributed by atoms with Gasteiger partial charge < -0.3 is 10.1 Å². The molecule has 4 rings (SSSR count). The van der Waals surface area contributed by atoms with Gasteiger partial charge in [-0.1, -0.05) is 25.1 Å². The molecular formula is C21H28N2O2. The Kier molecular flexibility index (Phi) is 4.40. The number of ether oxygens (including phenoxy) is 1. The Balaban J connectivity index is 1.42. The van der Waals surface area contributed by atoms with Crippen molar-refractivity contribution < 1.29 is 9.53 Å². The van der Waals surface area contributed by atoms with Crippen molar-refractivity contribution in [1.29, 1.82) is 0 Å². The molecule has 0 bridgehead atoms. The van der Waals surface area contributed by atoms with Crippen LogP contribution in [0.25, 0.3) is 0 Å². The van der Waals surface area contributed by atoms with E-state index in [2.05, 4.69) is 23.8 Å². The number of pyridine rings is 1. The Morgan fingerprint density at radius 1 is 1.48 bits per heavy atom. The van der Waals surface area contributed by atoms with E-state index in [1.165, 1.54) is 18.4 Å². The number of carbonyl (C=O) groups is 1. The Bertz CT molecular complexity index is 659. The summed E-state index contributed by atoms with van der Waals surface area (Å²) < 4.78 is 5.81. The number of aromatic nitrogens is 1. The number of nitrogens with one attached hydrogen (secondary N) is 1. The number of allylic oxidation sites excluding steroid dienone is 1. The second kappa shape index (κ2) is 6.56. The fraction of sp³-hybridized carbons (Fsp3) is 0.619. The number of hydrogen-bond acceptors (Lipinski definition) is 4. The Morgan fingerprint density at radius 2 is 2.36 bits per heavy atom. The molecule has 0 aromatic carbocycles. The van der Waals surface area contributed by atoms with E-state index in [1.54, 1.807) is 6.20 Å². The topological polar surface area (TPSA) is 51.2 Å². The molecule has 25 heavy (non-hydrogen) atoms. The third kappa shape index (κ3) is 3.12. The normalized spacial score (nSPS) is 37.3. The molecule has 2 heterocycles. The third-order valence-electron chi connectivity index (χ3n) is 6.74. The lowest BCUT2D eigenvalue weighted by molar-refractivity contribution is -0.146. The second-order valence-electron chi connectivity index (χ2n) is 8.40. The highest BCUT2D eigenvalue weighted by atomic mass is 16.6. The van der Waals surface area contributed by atoms with Gasteiger partial charge in [0, 0.05) is 31.4 Å². The fourth-order valence-corrected chi connectivity index (χ4v) is 5.36. The van der Waals surface area contributed by atoms with Gasteiger partial charge in [-0.3, -0.25) is 9.78 Å². The standard InChI is InChI=1S/C21H28N2O2/c1-14-5-3-7-21(2)10-19-16(9-18(14)21)17(20(24)25-19)13-23-12-15-6-4-8-22-11-15/h4,6,8,11,16-19,23H,1,3,5,7,9-10,12-13H2,2H3/t16-,17-,18-,19-,21-/m1/s1. The molecule has 0 amide bonds. The summed E-state index contributed by atoms with van der Waals surface area (Å²) in [5.41, 5.74) is 2.81. The highest BCUT2D eigenvalue weighted by Gasteiger charge is 2.54. The first kappa shape index (κ1) is 16.8. The van der Waals surface area contributed by atoms with E-state index in [-0.39, 0.29) is 23.4 Å². The molecule has 1 N–H and O–H groups in total. The van der Waals surface area contributed by atoms with Gasteiger partial charge in [0.25, 0.3) is 0 Å². The maximum absolute atomic E-state index is 12.5. The van der Waals surface area contributed by atoms with Gasteiger partial charge in [0.2, 0.25) is 0 Å². The van der Waals surface area contributed by atoms with Gasteiger partial charge in [0.15, 0.2) is 0 Å². The minimum atomic E-state index is -0.0269. The Morgan fingerprint density at radius 3 is 3.16 bits per heavy atom. The van der Waals surface area contributed by atoms with Crippen molar-refractivity contribution in [3.8, 4) is 0 Å². The summed E-state index contributed by atoms with van der Waals surface area (Å²) in [4.78, 5) is 16.6. The summed E-state index contributed by atoms with van der Waals surface area (Å²) in [5.74, 6) is 0.849. The first-order valence-corrected chi connectivity index (χ1v) is 9.54. The van der Waals surface area contributed by atoms with Crippen LogP contribution in [-0.4, -0.2) is 23.6 Å². The van der Waals surface area contributed by atoms with E-state index in [4.69, 9.17) is 4.74 Å². The molecule has 1 aliphatic heterocycles. The smallest absolute Gasteiger partial charge is 0.310 e. The van der Waals surface area contributed by atoms with Gasteiger partial charge >= 0.3 is 5.97 Å². The van der Waals surface area contributed by atoms with E-state index in [1.807, 2.05) is 18.3 Å². The highest BCUT2D eigenvalue weighted by molar-refractivity contribution is 5.75. The summed E-state index contributed by atoms with van der Waals surface area (Å²) in [5, 5.41) is 3.44. The number of carbonyl (C=O) groups excluding carboxylic acids is 1. The zero-order chi connectivity index (χ0) is 17.4. The highest BCUT2D eigenvalue weighted by Crippen LogP contribution is 2.56. The van der Waals surface area contributed by atoms with Crippen molar-refractivity contribution in [3.05, 3.63) is 42.2 Å². The van der Waals surface area contributed by atoms with E-state index in [0.717, 1.165) is 31.4 Å². The van der Waals surface area contributed by atoms with Crippen LogP contribution in [-0.2, 0) is 16.1 Å². The molecule has 2 saturated carbocycles. The van der Waals surface area contributed by atoms with Gasteiger partial charge in [-0.15, -0.1) is 0 Å². The number of fused-ring (bicyclic) bond motifs is 2. The van der Waals surface area contributed by atoms with Crippen LogP contribution in [0.5, 0.6) is 0 Å². The van der Waals surface area contributed by atoms with Crippen molar-refractivity contribution in [3.63, 3.8) is 0 Å². The van der Waals surface area contributed by atoms with E-state index in [0.29, 0.717) is 18.4 Å². The van der Waals surface area contributed by atoms with Crippen molar-refractivity contribution in [1.82, 2.24) is 10.3 Å². The molecule has 0 radical (unpaired) electrons. The monoisotopic (exact) mass is 340 g/mol. The van der Waals surface area contributed by atoms with Gasteiger partial charge in [-0.25, -0.2) is 0 Å². The number of esters is 1. The lowest BCUT2D eigenvalue weighted by Gasteiger charge is -2.50. The molecule has 0 spiro atoms. The molecular weight excluding hydrogens is 312 g/mol. The van der Waals surface area contributed by atoms with Crippen LogP contribution in [0.4, 0.5) is 0 Å². The second-order valence-corrected chi connectivity index (χ2v) is 8.40. The summed E-state index contributed by atoms with van der Waals surface area (Å²) >= 11 is 0. The largest absolute Gasteiger partial charge is 0.462 e. The molecule has 0 unspecified atom stereocenters. The van der Waals surface area contributed by atoms with Crippen LogP contribution < -0.4 is 5.32 Å². The lowest BCUT2D eigenvalue weighted by Crippen LogP contribution is -2.45. The molecule has 4 heteroatoms. The van der Waals surface area contributed by atoms with Crippen LogP contribution in [0, 0.1) is 23.2 Å². The maximum atomic E-state index is 12.5. The van der Waals surface area contributed by atoms with Crippen molar-refractivity contribution >= 4 is 5.97 Å². The number of hydrogen-bond donors (Lipinski definition) is 1. The quantitative estimate of drug-likeness (QED) is 0.673.